The van der Waals surface area contributed by atoms with E-state index in [0.29, 0.717) is 17.9 Å². The molecule has 0 spiro atoms. The van der Waals surface area contributed by atoms with E-state index in [1.54, 1.807) is 24.3 Å². The molecule has 1 aromatic heterocycles. The molecule has 0 aliphatic rings. The average molecular weight is 299 g/mol. The number of nitrogens with one attached hydrogen (secondary N) is 1. The zero-order valence-electron chi connectivity index (χ0n) is 10.1. The normalized spacial score (nSPS) is 10.5. The highest BCUT2D eigenvalue weighted by Gasteiger charge is 2.08. The summed E-state index contributed by atoms with van der Waals surface area (Å²) in [5, 5.41) is 22.5. The van der Waals surface area contributed by atoms with Gasteiger partial charge < -0.3 is 15.5 Å². The number of benzene rings is 1. The number of phenolic OH excluding ortho intramolecular Hbond substituents is 1. The highest BCUT2D eigenvalue weighted by molar-refractivity contribution is 6.37. The monoisotopic (exact) mass is 298 g/mol. The first-order chi connectivity index (χ1) is 8.97. The van der Waals surface area contributed by atoms with Crippen molar-refractivity contribution in [1.29, 1.82) is 0 Å². The van der Waals surface area contributed by atoms with E-state index in [-0.39, 0.29) is 21.5 Å². The minimum absolute atomic E-state index is 0.120. The van der Waals surface area contributed by atoms with Crippen molar-refractivity contribution < 1.29 is 10.2 Å². The van der Waals surface area contributed by atoms with Crippen LogP contribution in [0.3, 0.4) is 0 Å². The van der Waals surface area contributed by atoms with E-state index in [1.807, 2.05) is 6.92 Å². The number of aromatic nitrogens is 1. The summed E-state index contributed by atoms with van der Waals surface area (Å²) in [5.74, 6) is -0.0283. The van der Waals surface area contributed by atoms with E-state index in [2.05, 4.69) is 10.3 Å². The Balaban J connectivity index is 2.17. The molecule has 0 aliphatic carbocycles. The van der Waals surface area contributed by atoms with Crippen LogP contribution in [-0.2, 0) is 6.54 Å². The van der Waals surface area contributed by atoms with Crippen LogP contribution in [0.15, 0.2) is 24.3 Å². The molecule has 4 nitrogen and oxygen atoms in total. The van der Waals surface area contributed by atoms with Crippen LogP contribution in [0.25, 0.3) is 0 Å². The molecule has 0 radical (unpaired) electrons. The molecule has 100 valence electrons. The Morgan fingerprint density at radius 3 is 2.42 bits per heavy atom. The summed E-state index contributed by atoms with van der Waals surface area (Å²) in [7, 11) is 0. The van der Waals surface area contributed by atoms with Gasteiger partial charge in [-0.2, -0.15) is 0 Å². The molecule has 0 atom stereocenters. The molecule has 2 aromatic rings. The molecule has 0 unspecified atom stereocenters. The molecular formula is C13H12Cl2N2O2. The lowest BCUT2D eigenvalue weighted by atomic mass is 10.2. The van der Waals surface area contributed by atoms with Gasteiger partial charge in [0, 0.05) is 11.4 Å². The van der Waals surface area contributed by atoms with Crippen molar-refractivity contribution in [2.45, 2.75) is 13.5 Å². The van der Waals surface area contributed by atoms with Gasteiger partial charge in [-0.05, 0) is 31.2 Å². The van der Waals surface area contributed by atoms with Gasteiger partial charge in [-0.15, -0.1) is 0 Å². The number of pyridine rings is 1. The zero-order chi connectivity index (χ0) is 14.0. The smallest absolute Gasteiger partial charge is 0.152 e. The number of aromatic hydroxyl groups is 2. The molecule has 1 heterocycles. The lowest BCUT2D eigenvalue weighted by molar-refractivity contribution is 0.464. The number of aryl methyl sites for hydroxylation is 1. The van der Waals surface area contributed by atoms with E-state index in [1.165, 1.54) is 0 Å². The number of phenols is 1. The van der Waals surface area contributed by atoms with E-state index < -0.39 is 0 Å². The topological polar surface area (TPSA) is 65.4 Å². The molecule has 0 fully saturated rings. The minimum Gasteiger partial charge on any atom is -0.506 e. The molecule has 1 aromatic carbocycles. The third-order valence-corrected chi connectivity index (χ3v) is 3.14. The van der Waals surface area contributed by atoms with E-state index in [0.717, 1.165) is 5.69 Å². The number of nitrogens with zero attached hydrogens (tertiary/aromatic N) is 1. The van der Waals surface area contributed by atoms with Gasteiger partial charge in [0.2, 0.25) is 0 Å². The molecule has 0 saturated heterocycles. The third kappa shape index (κ3) is 3.22. The maximum atomic E-state index is 9.67. The van der Waals surface area contributed by atoms with Crippen LogP contribution in [0.1, 0.15) is 11.4 Å². The fraction of sp³-hybridized carbons (Fsp3) is 0.154. The molecule has 0 saturated carbocycles. The molecule has 6 heteroatoms. The van der Waals surface area contributed by atoms with Gasteiger partial charge in [-0.3, -0.25) is 4.98 Å². The molecule has 0 aliphatic heterocycles. The summed E-state index contributed by atoms with van der Waals surface area (Å²) < 4.78 is 0. The van der Waals surface area contributed by atoms with Crippen LogP contribution < -0.4 is 5.32 Å². The van der Waals surface area contributed by atoms with Gasteiger partial charge in [0.05, 0.1) is 16.6 Å². The van der Waals surface area contributed by atoms with Crippen LogP contribution in [0.4, 0.5) is 5.69 Å². The first-order valence-electron chi connectivity index (χ1n) is 5.54. The fourth-order valence-corrected chi connectivity index (χ4v) is 2.07. The molecule has 0 amide bonds. The van der Waals surface area contributed by atoms with Crippen LogP contribution in [-0.4, -0.2) is 15.2 Å². The van der Waals surface area contributed by atoms with Crippen molar-refractivity contribution in [3.8, 4) is 11.5 Å². The maximum Gasteiger partial charge on any atom is 0.152 e. The average Bonchev–Trinajstić information content (AvgIpc) is 2.37. The predicted octanol–water partition coefficient (Wildman–Crippen LogP) is 3.72. The minimum atomic E-state index is -0.148. The summed E-state index contributed by atoms with van der Waals surface area (Å²) >= 11 is 11.6. The summed E-state index contributed by atoms with van der Waals surface area (Å²) in [6.45, 7) is 2.17. The standard InChI is InChI=1S/C13H12Cl2N2O2/c1-7-2-3-12(18)11(17-7)6-16-8-4-9(14)13(19)10(15)5-8/h2-5,16,18-19H,6H2,1H3. The Bertz CT molecular complexity index is 595. The number of anilines is 1. The molecular weight excluding hydrogens is 287 g/mol. The van der Waals surface area contributed by atoms with E-state index in [9.17, 15) is 10.2 Å². The Labute approximate surface area is 120 Å². The van der Waals surface area contributed by atoms with Crippen molar-refractivity contribution in [3.05, 3.63) is 45.7 Å². The van der Waals surface area contributed by atoms with Gasteiger partial charge in [0.1, 0.15) is 11.4 Å². The lowest BCUT2D eigenvalue weighted by Crippen LogP contribution is -2.03. The number of hydrogen-bond donors (Lipinski definition) is 3. The second kappa shape index (κ2) is 5.55. The summed E-state index contributed by atoms with van der Waals surface area (Å²) in [4.78, 5) is 4.22. The molecule has 2 rings (SSSR count). The van der Waals surface area contributed by atoms with Gasteiger partial charge in [-0.1, -0.05) is 23.2 Å². The second-order valence-corrected chi connectivity index (χ2v) is 4.87. The van der Waals surface area contributed by atoms with Crippen molar-refractivity contribution in [3.63, 3.8) is 0 Å². The third-order valence-electron chi connectivity index (χ3n) is 2.57. The first-order valence-corrected chi connectivity index (χ1v) is 6.30. The molecule has 0 bridgehead atoms. The highest BCUT2D eigenvalue weighted by atomic mass is 35.5. The van der Waals surface area contributed by atoms with Gasteiger partial charge in [0.25, 0.3) is 0 Å². The molecule has 3 N–H and O–H groups in total. The predicted molar refractivity (Wildman–Crippen MR) is 76.1 cm³/mol. The molecule has 19 heavy (non-hydrogen) atoms. The van der Waals surface area contributed by atoms with Gasteiger partial charge in [-0.25, -0.2) is 0 Å². The lowest BCUT2D eigenvalue weighted by Gasteiger charge is -2.10. The summed E-state index contributed by atoms with van der Waals surface area (Å²) in [6.07, 6.45) is 0. The van der Waals surface area contributed by atoms with Crippen LogP contribution in [0.5, 0.6) is 11.5 Å². The Hall–Kier alpha value is -1.65. The maximum absolute atomic E-state index is 9.67. The quantitative estimate of drug-likeness (QED) is 0.756. The Morgan fingerprint density at radius 2 is 1.79 bits per heavy atom. The number of hydrogen-bond acceptors (Lipinski definition) is 4. The van der Waals surface area contributed by atoms with Crippen LogP contribution >= 0.6 is 23.2 Å². The van der Waals surface area contributed by atoms with Crippen LogP contribution in [0.2, 0.25) is 10.0 Å². The van der Waals surface area contributed by atoms with Crippen molar-refractivity contribution in [1.82, 2.24) is 4.98 Å². The van der Waals surface area contributed by atoms with Crippen molar-refractivity contribution in [2.24, 2.45) is 0 Å². The fourth-order valence-electron chi connectivity index (χ4n) is 1.59. The van der Waals surface area contributed by atoms with E-state index >= 15 is 0 Å². The number of halogens is 2. The summed E-state index contributed by atoms with van der Waals surface area (Å²) in [5.41, 5.74) is 1.98. The van der Waals surface area contributed by atoms with Crippen molar-refractivity contribution >= 4 is 28.9 Å². The second-order valence-electron chi connectivity index (χ2n) is 4.06. The van der Waals surface area contributed by atoms with Crippen molar-refractivity contribution in [2.75, 3.05) is 5.32 Å². The largest absolute Gasteiger partial charge is 0.506 e. The summed E-state index contributed by atoms with van der Waals surface area (Å²) in [6, 6.07) is 6.43. The van der Waals surface area contributed by atoms with E-state index in [4.69, 9.17) is 23.2 Å². The van der Waals surface area contributed by atoms with Gasteiger partial charge in [0.15, 0.2) is 5.75 Å². The zero-order valence-corrected chi connectivity index (χ0v) is 11.6. The highest BCUT2D eigenvalue weighted by Crippen LogP contribution is 2.34. The van der Waals surface area contributed by atoms with Gasteiger partial charge >= 0.3 is 0 Å². The first kappa shape index (κ1) is 13.8. The van der Waals surface area contributed by atoms with Crippen LogP contribution in [0, 0.1) is 6.92 Å². The number of rotatable bonds is 3. The Morgan fingerprint density at radius 1 is 1.16 bits per heavy atom. The Kier molecular flexibility index (Phi) is 4.02. The SMILES string of the molecule is Cc1ccc(O)c(CNc2cc(Cl)c(O)c(Cl)c2)n1.